The molecule has 0 aliphatic heterocycles. The normalized spacial score (nSPS) is 19.9. The smallest absolute Gasteiger partial charge is 0.137 e. The van der Waals surface area contributed by atoms with Crippen molar-refractivity contribution >= 4 is 65.6 Å². The molecule has 0 spiro atoms. The average Bonchev–Trinajstić information content (AvgIpc) is 4.31. The fourth-order valence-corrected chi connectivity index (χ4v) is 6.13. The second kappa shape index (κ2) is 10.8. The standard InChI is InChI=1S/C48H30N2O/c1-2-10-31(11-3-1)32-18-22-35(23-19-32)49-43-15-7-4-12-37(43)41-28-33(20-26-45(41)49)34-21-27-46-42(29-34)38-13-5-8-16-44(38)50(46)36-24-25-40-39-14-6-9-17-47(39)51-48(40)30-36/h1-30H/i1D,2D,3D,4D,5D,6D,7D,8D,9D,10D,11D,12D,13D,14D,15D,16D,17D,18D,19D,20D,21D,22D,23D,24D,25D,26D,28D,29D,30D. The molecule has 0 amide bonds. The number of hydrogen-bond acceptors (Lipinski definition) is 1. The van der Waals surface area contributed by atoms with Crippen LogP contribution in [0.2, 0.25) is 0 Å². The van der Waals surface area contributed by atoms with Gasteiger partial charge in [-0.1, -0.05) is 109 Å². The Balaban J connectivity index is 1.27. The Bertz CT molecular complexity index is 4760. The lowest BCUT2D eigenvalue weighted by atomic mass is 10.0. The second-order valence-corrected chi connectivity index (χ2v) is 11.1. The third-order valence-electron chi connectivity index (χ3n) is 8.33. The van der Waals surface area contributed by atoms with E-state index in [9.17, 15) is 12.3 Å². The number of rotatable bonds is 4. The van der Waals surface area contributed by atoms with Crippen LogP contribution in [-0.4, -0.2) is 9.13 Å². The molecule has 8 aromatic carbocycles. The number of fused-ring (bicyclic) bond motifs is 9. The molecule has 0 N–H and O–H groups in total. The fraction of sp³-hybridized carbons (Fsp3) is 0. The first kappa shape index (κ1) is 11.9. The van der Waals surface area contributed by atoms with E-state index in [2.05, 4.69) is 0 Å². The third-order valence-corrected chi connectivity index (χ3v) is 8.33. The van der Waals surface area contributed by atoms with Crippen molar-refractivity contribution in [3.63, 3.8) is 0 Å². The average molecular weight is 680 g/mol. The van der Waals surface area contributed by atoms with E-state index in [1.807, 2.05) is 0 Å². The molecule has 3 heterocycles. The number of benzene rings is 8. The maximum absolute atomic E-state index is 9.86. The number of furan rings is 1. The highest BCUT2D eigenvalue weighted by molar-refractivity contribution is 6.13. The molecule has 0 bridgehead atoms. The summed E-state index contributed by atoms with van der Waals surface area (Å²) in [7, 11) is 0. The molecule has 0 aliphatic rings. The molecule has 0 unspecified atom stereocenters. The van der Waals surface area contributed by atoms with Gasteiger partial charge in [0.25, 0.3) is 0 Å². The van der Waals surface area contributed by atoms with E-state index in [0.717, 1.165) is 15.2 Å². The molecule has 0 radical (unpaired) electrons. The van der Waals surface area contributed by atoms with Crippen LogP contribution in [0.3, 0.4) is 0 Å². The van der Waals surface area contributed by atoms with Gasteiger partial charge >= 0.3 is 0 Å². The Morgan fingerprint density at radius 3 is 1.63 bits per heavy atom. The molecule has 0 fully saturated rings. The van der Waals surface area contributed by atoms with Gasteiger partial charge in [0.15, 0.2) is 0 Å². The van der Waals surface area contributed by atoms with E-state index < -0.39 is 258 Å². The molecule has 0 aliphatic carbocycles. The summed E-state index contributed by atoms with van der Waals surface area (Å²) in [5.74, 6) is 0. The molecule has 0 saturated heterocycles. The van der Waals surface area contributed by atoms with Gasteiger partial charge in [-0.15, -0.1) is 0 Å². The summed E-state index contributed by atoms with van der Waals surface area (Å²) in [6.07, 6.45) is 0. The second-order valence-electron chi connectivity index (χ2n) is 11.1. The lowest BCUT2D eigenvalue weighted by molar-refractivity contribution is 0.668. The molecule has 11 rings (SSSR count). The van der Waals surface area contributed by atoms with Gasteiger partial charge in [-0.25, -0.2) is 0 Å². The Hall–Kier alpha value is -6.84. The van der Waals surface area contributed by atoms with Gasteiger partial charge in [-0.05, 0) is 88.7 Å². The van der Waals surface area contributed by atoms with Crippen LogP contribution in [-0.2, 0) is 0 Å². The van der Waals surface area contributed by atoms with Crippen molar-refractivity contribution in [3.05, 3.63) is 181 Å². The number of para-hydroxylation sites is 3. The van der Waals surface area contributed by atoms with Gasteiger partial charge in [-0.2, -0.15) is 0 Å². The lowest BCUT2D eigenvalue weighted by Crippen LogP contribution is -1.94. The summed E-state index contributed by atoms with van der Waals surface area (Å²) in [5.41, 5.74) is -7.50. The molecule has 3 heteroatoms. The summed E-state index contributed by atoms with van der Waals surface area (Å²) >= 11 is 0. The van der Waals surface area contributed by atoms with Crippen molar-refractivity contribution in [2.75, 3.05) is 0 Å². The molecular formula is C48H30N2O. The first-order valence-electron chi connectivity index (χ1n) is 29.6. The van der Waals surface area contributed by atoms with Gasteiger partial charge in [-0.3, -0.25) is 0 Å². The van der Waals surface area contributed by atoms with Gasteiger partial charge in [0.2, 0.25) is 0 Å². The molecule has 0 saturated carbocycles. The van der Waals surface area contributed by atoms with Gasteiger partial charge in [0.05, 0.1) is 61.8 Å². The van der Waals surface area contributed by atoms with E-state index >= 15 is 0 Å². The van der Waals surface area contributed by atoms with E-state index in [4.69, 9.17) is 31.8 Å². The molecular weight excluding hydrogens is 621 g/mol. The van der Waals surface area contributed by atoms with Crippen molar-refractivity contribution in [3.8, 4) is 33.6 Å². The molecule has 3 nitrogen and oxygen atoms in total. The Labute approximate surface area is 334 Å². The first-order valence-corrected chi connectivity index (χ1v) is 15.1. The monoisotopic (exact) mass is 679 g/mol. The van der Waals surface area contributed by atoms with Crippen LogP contribution in [0.1, 0.15) is 39.8 Å². The Morgan fingerprint density at radius 2 is 0.863 bits per heavy atom. The SMILES string of the molecule is [2H]c1cc2c(c([2H])c1-c1c([2H])c([2H])c3c(c1[2H])c1c([2H])c([2H])c([2H])c([2H])c1n3-c1c([2H])c([2H])c(-c3c([2H])c([2H])c([2H])c([2H])c3[2H])c([2H])c1[2H])c1c([2H])c([2H])c([2H])c([2H])c1n2-c1c([2H])c([2H])c2c(oc3c([2H])c([2H])c([2H])c([2H])c32)c1[2H]. The van der Waals surface area contributed by atoms with Crippen molar-refractivity contribution in [2.45, 2.75) is 0 Å². The largest absolute Gasteiger partial charge is 0.456 e. The third kappa shape index (κ3) is 4.25. The van der Waals surface area contributed by atoms with E-state index in [1.54, 1.807) is 0 Å². The van der Waals surface area contributed by atoms with Crippen molar-refractivity contribution in [1.82, 2.24) is 9.13 Å². The van der Waals surface area contributed by atoms with Crippen LogP contribution < -0.4 is 0 Å². The zero-order valence-corrected chi connectivity index (χ0v) is 25.4. The summed E-state index contributed by atoms with van der Waals surface area (Å²) in [6.45, 7) is 0. The number of nitrogens with zero attached hydrogens (tertiary/aromatic N) is 2. The lowest BCUT2D eigenvalue weighted by Gasteiger charge is -2.10. The van der Waals surface area contributed by atoms with E-state index in [-0.39, 0.29) is 16.3 Å². The van der Waals surface area contributed by atoms with Crippen LogP contribution >= 0.6 is 0 Å². The number of aromatic nitrogens is 2. The van der Waals surface area contributed by atoms with Crippen molar-refractivity contribution < 1.29 is 44.2 Å². The first-order chi connectivity index (χ1) is 37.4. The van der Waals surface area contributed by atoms with Crippen LogP contribution in [0.25, 0.3) is 99.2 Å². The maximum Gasteiger partial charge on any atom is 0.137 e. The van der Waals surface area contributed by atoms with E-state index in [1.165, 1.54) is 0 Å². The maximum atomic E-state index is 9.86. The summed E-state index contributed by atoms with van der Waals surface area (Å²) in [4.78, 5) is 0. The highest BCUT2D eigenvalue weighted by atomic mass is 16.3. The molecule has 3 aromatic heterocycles. The van der Waals surface area contributed by atoms with Crippen LogP contribution in [0.4, 0.5) is 0 Å². The quantitative estimate of drug-likeness (QED) is 0.182. The molecule has 238 valence electrons. The van der Waals surface area contributed by atoms with Crippen LogP contribution in [0.5, 0.6) is 0 Å². The highest BCUT2D eigenvalue weighted by Gasteiger charge is 2.17. The van der Waals surface area contributed by atoms with Crippen molar-refractivity contribution in [1.29, 1.82) is 0 Å². The summed E-state index contributed by atoms with van der Waals surface area (Å²) in [6, 6.07) is -23.8. The minimum absolute atomic E-state index is 0.324. The molecule has 51 heavy (non-hydrogen) atoms. The summed E-state index contributed by atoms with van der Waals surface area (Å²) < 4.78 is 267. The topological polar surface area (TPSA) is 23.0 Å². The minimum atomic E-state index is -1.02. The van der Waals surface area contributed by atoms with Gasteiger partial charge in [0, 0.05) is 49.7 Å². The van der Waals surface area contributed by atoms with Crippen molar-refractivity contribution in [2.24, 2.45) is 0 Å². The minimum Gasteiger partial charge on any atom is -0.456 e. The summed E-state index contributed by atoms with van der Waals surface area (Å²) in [5, 5.41) is -2.79. The van der Waals surface area contributed by atoms with Crippen LogP contribution in [0.15, 0.2) is 186 Å². The van der Waals surface area contributed by atoms with Gasteiger partial charge in [0.1, 0.15) is 11.2 Å². The zero-order chi connectivity index (χ0) is 58.7. The van der Waals surface area contributed by atoms with Gasteiger partial charge < -0.3 is 13.6 Å². The molecule has 11 aromatic rings. The number of hydrogen-bond donors (Lipinski definition) is 0. The predicted molar refractivity (Wildman–Crippen MR) is 213 cm³/mol. The predicted octanol–water partition coefficient (Wildman–Crippen LogP) is 13.1. The fourth-order valence-electron chi connectivity index (χ4n) is 6.13. The highest BCUT2D eigenvalue weighted by Crippen LogP contribution is 2.39. The Kier molecular flexibility index (Phi) is 2.53. The van der Waals surface area contributed by atoms with E-state index in [0.29, 0.717) is 0 Å². The molecule has 0 atom stereocenters. The van der Waals surface area contributed by atoms with Crippen LogP contribution in [0, 0.1) is 0 Å². The zero-order valence-electron chi connectivity index (χ0n) is 54.4. The Morgan fingerprint density at radius 1 is 0.333 bits per heavy atom.